The second-order valence-corrected chi connectivity index (χ2v) is 11.1. The number of aliphatic hydroxyl groups is 1. The van der Waals surface area contributed by atoms with E-state index < -0.39 is 16.1 Å². The van der Waals surface area contributed by atoms with Gasteiger partial charge < -0.3 is 14.7 Å². The molecule has 0 spiro atoms. The van der Waals surface area contributed by atoms with E-state index in [9.17, 15) is 18.3 Å². The summed E-state index contributed by atoms with van der Waals surface area (Å²) in [4.78, 5) is 14.8. The van der Waals surface area contributed by atoms with Gasteiger partial charge in [-0.1, -0.05) is 29.8 Å². The zero-order valence-electron chi connectivity index (χ0n) is 20.3. The molecule has 34 heavy (non-hydrogen) atoms. The van der Waals surface area contributed by atoms with Gasteiger partial charge >= 0.3 is 0 Å². The van der Waals surface area contributed by atoms with Crippen LogP contribution < -0.4 is 0 Å². The van der Waals surface area contributed by atoms with E-state index in [1.165, 1.54) is 11.4 Å². The number of ether oxygens (including phenoxy) is 1. The van der Waals surface area contributed by atoms with Gasteiger partial charge in [0.1, 0.15) is 5.69 Å². The van der Waals surface area contributed by atoms with Gasteiger partial charge in [0.25, 0.3) is 0 Å². The number of sulfonamides is 1. The smallest absolute Gasteiger partial charge is 0.242 e. The molecule has 188 valence electrons. The minimum Gasteiger partial charge on any atom is -0.394 e. The van der Waals surface area contributed by atoms with Crippen LogP contribution in [0.1, 0.15) is 37.9 Å². The number of hydrogen-bond acceptors (Lipinski definition) is 7. The summed E-state index contributed by atoms with van der Waals surface area (Å²) in [5.41, 5.74) is 1.62. The van der Waals surface area contributed by atoms with Gasteiger partial charge in [0.2, 0.25) is 15.9 Å². The van der Waals surface area contributed by atoms with Crippen molar-refractivity contribution < 1.29 is 23.1 Å². The van der Waals surface area contributed by atoms with Crippen LogP contribution in [0.2, 0.25) is 0 Å². The van der Waals surface area contributed by atoms with Crippen LogP contribution in [-0.2, 0) is 32.7 Å². The largest absolute Gasteiger partial charge is 0.394 e. The summed E-state index contributed by atoms with van der Waals surface area (Å²) in [5, 5.41) is 17.9. The highest BCUT2D eigenvalue weighted by atomic mass is 32.2. The maximum atomic E-state index is 13.2. The second-order valence-electron chi connectivity index (χ2n) is 9.08. The normalized spacial score (nSPS) is 21.6. The van der Waals surface area contributed by atoms with Crippen LogP contribution >= 0.6 is 0 Å². The zero-order chi connectivity index (χ0) is 24.9. The van der Waals surface area contributed by atoms with Crippen molar-refractivity contribution in [3.05, 3.63) is 41.7 Å². The molecule has 0 saturated heterocycles. The third-order valence-corrected chi connectivity index (χ3v) is 8.05. The van der Waals surface area contributed by atoms with Crippen LogP contribution in [0, 0.1) is 12.8 Å². The van der Waals surface area contributed by atoms with Crippen molar-refractivity contribution in [2.24, 2.45) is 5.92 Å². The number of aromatic nitrogens is 3. The first kappa shape index (κ1) is 26.3. The number of benzene rings is 1. The Morgan fingerprint density at radius 1 is 1.29 bits per heavy atom. The van der Waals surface area contributed by atoms with Gasteiger partial charge in [-0.15, -0.1) is 5.10 Å². The summed E-state index contributed by atoms with van der Waals surface area (Å²) in [6.45, 7) is 6.65. The fourth-order valence-electron chi connectivity index (χ4n) is 3.93. The SMILES string of the molecule is Cc1ccc(S(=O)(=O)N(C)C[C@@H]2OCc3cn(nn3)CCCC(=O)N([C@@H](C)CO)C[C@@H]2C)cc1. The van der Waals surface area contributed by atoms with Crippen molar-refractivity contribution >= 4 is 15.9 Å². The first-order chi connectivity index (χ1) is 16.1. The van der Waals surface area contributed by atoms with Crippen molar-refractivity contribution in [3.8, 4) is 0 Å². The summed E-state index contributed by atoms with van der Waals surface area (Å²) in [7, 11) is -2.19. The molecule has 1 N–H and O–H groups in total. The monoisotopic (exact) mass is 493 g/mol. The third-order valence-electron chi connectivity index (χ3n) is 6.21. The van der Waals surface area contributed by atoms with E-state index in [0.29, 0.717) is 31.6 Å². The molecule has 0 radical (unpaired) electrons. The van der Waals surface area contributed by atoms with Crippen LogP contribution in [0.3, 0.4) is 0 Å². The fourth-order valence-corrected chi connectivity index (χ4v) is 5.12. The van der Waals surface area contributed by atoms with Gasteiger partial charge in [-0.3, -0.25) is 9.48 Å². The molecule has 1 aromatic carbocycles. The maximum Gasteiger partial charge on any atom is 0.242 e. The molecule has 2 heterocycles. The molecule has 3 atom stereocenters. The van der Waals surface area contributed by atoms with Crippen molar-refractivity contribution in [1.82, 2.24) is 24.2 Å². The van der Waals surface area contributed by atoms with Crippen molar-refractivity contribution in [1.29, 1.82) is 0 Å². The van der Waals surface area contributed by atoms with Crippen molar-refractivity contribution in [3.63, 3.8) is 0 Å². The number of hydrogen-bond donors (Lipinski definition) is 1. The molecule has 2 bridgehead atoms. The van der Waals surface area contributed by atoms with E-state index in [1.54, 1.807) is 47.0 Å². The standard InChI is InChI=1S/C23H35N5O5S/c1-17-7-9-21(10-8-17)34(31,32)26(4)14-22-18(2)12-28(19(3)15-29)23(30)6-5-11-27-13-20(16-33-22)24-25-27/h7-10,13,18-19,22,29H,5-6,11-12,14-16H2,1-4H3/t18-,19-,22-/m0/s1. The molecule has 2 aromatic rings. The highest BCUT2D eigenvalue weighted by Crippen LogP contribution is 2.21. The predicted octanol–water partition coefficient (Wildman–Crippen LogP) is 1.43. The van der Waals surface area contributed by atoms with E-state index >= 15 is 0 Å². The topological polar surface area (TPSA) is 118 Å². The van der Waals surface area contributed by atoms with Crippen LogP contribution in [0.5, 0.6) is 0 Å². The number of likely N-dealkylation sites (N-methyl/N-ethyl adjacent to an activating group) is 1. The van der Waals surface area contributed by atoms with E-state index in [0.717, 1.165) is 5.56 Å². The molecule has 1 aromatic heterocycles. The summed E-state index contributed by atoms with van der Waals surface area (Å²) >= 11 is 0. The molecule has 10 nitrogen and oxygen atoms in total. The van der Waals surface area contributed by atoms with Gasteiger partial charge in [0.05, 0.1) is 36.5 Å². The van der Waals surface area contributed by atoms with E-state index in [2.05, 4.69) is 10.3 Å². The lowest BCUT2D eigenvalue weighted by atomic mass is 10.0. The lowest BCUT2D eigenvalue weighted by Gasteiger charge is -2.35. The number of amides is 1. The summed E-state index contributed by atoms with van der Waals surface area (Å²) in [5.74, 6) is -0.267. The van der Waals surface area contributed by atoms with Gasteiger partial charge in [-0.25, -0.2) is 8.42 Å². The first-order valence-corrected chi connectivity index (χ1v) is 13.0. The molecular weight excluding hydrogens is 458 g/mol. The highest BCUT2D eigenvalue weighted by molar-refractivity contribution is 7.89. The molecule has 1 amide bonds. The number of aliphatic hydroxyl groups excluding tert-OH is 1. The average Bonchev–Trinajstić information content (AvgIpc) is 3.26. The average molecular weight is 494 g/mol. The van der Waals surface area contributed by atoms with Crippen molar-refractivity contribution in [2.45, 2.75) is 63.8 Å². The number of rotatable bonds is 6. The van der Waals surface area contributed by atoms with Gasteiger partial charge in [-0.05, 0) is 32.4 Å². The quantitative estimate of drug-likeness (QED) is 0.647. The summed E-state index contributed by atoms with van der Waals surface area (Å²) in [6.07, 6.45) is 2.19. The Hall–Kier alpha value is -2.34. The van der Waals surface area contributed by atoms with Gasteiger partial charge in [-0.2, -0.15) is 4.31 Å². The maximum absolute atomic E-state index is 13.2. The molecular formula is C23H35N5O5S. The first-order valence-electron chi connectivity index (χ1n) is 11.6. The van der Waals surface area contributed by atoms with Crippen LogP contribution in [0.25, 0.3) is 0 Å². The zero-order valence-corrected chi connectivity index (χ0v) is 21.1. The Bertz CT molecular complexity index is 1060. The number of aryl methyl sites for hydroxylation is 2. The molecule has 0 unspecified atom stereocenters. The van der Waals surface area contributed by atoms with E-state index in [1.807, 2.05) is 13.8 Å². The molecule has 1 aliphatic rings. The lowest BCUT2D eigenvalue weighted by Crippen LogP contribution is -2.47. The molecule has 0 aliphatic carbocycles. The molecule has 0 fully saturated rings. The second kappa shape index (κ2) is 11.4. The number of nitrogens with zero attached hydrogens (tertiary/aromatic N) is 5. The molecule has 0 saturated carbocycles. The van der Waals surface area contributed by atoms with E-state index in [4.69, 9.17) is 4.74 Å². The van der Waals surface area contributed by atoms with Crippen LogP contribution in [-0.4, -0.2) is 82.5 Å². The Morgan fingerprint density at radius 2 is 2.00 bits per heavy atom. The Morgan fingerprint density at radius 3 is 2.68 bits per heavy atom. The summed E-state index contributed by atoms with van der Waals surface area (Å²) in [6, 6.07) is 6.37. The van der Waals surface area contributed by atoms with Gasteiger partial charge in [0.15, 0.2) is 0 Å². The lowest BCUT2D eigenvalue weighted by molar-refractivity contribution is -0.136. The number of carbonyl (C=O) groups excluding carboxylic acids is 1. The Balaban J connectivity index is 1.85. The highest BCUT2D eigenvalue weighted by Gasteiger charge is 2.31. The number of carbonyl (C=O) groups is 1. The molecule has 1 aliphatic heterocycles. The third kappa shape index (κ3) is 6.41. The molecule has 3 rings (SSSR count). The van der Waals surface area contributed by atoms with Gasteiger partial charge in [0, 0.05) is 39.0 Å². The fraction of sp³-hybridized carbons (Fsp3) is 0.609. The predicted molar refractivity (Wildman–Crippen MR) is 126 cm³/mol. The van der Waals surface area contributed by atoms with E-state index in [-0.39, 0.29) is 42.5 Å². The molecule has 11 heteroatoms. The summed E-state index contributed by atoms with van der Waals surface area (Å²) < 4.78 is 35.5. The van der Waals surface area contributed by atoms with Crippen molar-refractivity contribution in [2.75, 3.05) is 26.7 Å². The van der Waals surface area contributed by atoms with Crippen LogP contribution in [0.15, 0.2) is 35.4 Å². The Labute approximate surface area is 201 Å². The minimum atomic E-state index is -3.72. The number of fused-ring (bicyclic) bond motifs is 2. The minimum absolute atomic E-state index is 0.0626. The van der Waals surface area contributed by atoms with Crippen LogP contribution in [0.4, 0.5) is 0 Å². The Kier molecular flexibility index (Phi) is 8.80.